The van der Waals surface area contributed by atoms with Gasteiger partial charge in [-0.05, 0) is 54.0 Å². The first kappa shape index (κ1) is 22.0. The van der Waals surface area contributed by atoms with Crippen LogP contribution in [0.3, 0.4) is 0 Å². The van der Waals surface area contributed by atoms with E-state index in [0.717, 1.165) is 24.0 Å². The van der Waals surface area contributed by atoms with Crippen LogP contribution in [0.2, 0.25) is 0 Å². The van der Waals surface area contributed by atoms with E-state index in [9.17, 15) is 9.59 Å². The summed E-state index contributed by atoms with van der Waals surface area (Å²) >= 11 is 1.69. The standard InChI is InChI=1S/C26H27N3O2S/c1-2-14-28-25(31)26(18-20-9-3-4-10-21(20)23-12-7-17-32-23)13-8-16-29(19-26)24(30)22-11-5-6-15-27-22/h2-7,9-12,15,17H,1,8,13-14,16,18-19H2,(H,28,31)/t26-/m1/s1. The van der Waals surface area contributed by atoms with E-state index in [0.29, 0.717) is 31.7 Å². The van der Waals surface area contributed by atoms with Crippen molar-refractivity contribution in [1.82, 2.24) is 15.2 Å². The lowest BCUT2D eigenvalue weighted by Crippen LogP contribution is -2.54. The zero-order valence-electron chi connectivity index (χ0n) is 18.0. The number of amides is 2. The second kappa shape index (κ2) is 9.92. The first-order chi connectivity index (χ1) is 15.6. The van der Waals surface area contributed by atoms with Crippen LogP contribution in [0.15, 0.2) is 78.8 Å². The van der Waals surface area contributed by atoms with E-state index in [1.165, 1.54) is 4.88 Å². The third kappa shape index (κ3) is 4.65. The van der Waals surface area contributed by atoms with Gasteiger partial charge in [-0.15, -0.1) is 17.9 Å². The fourth-order valence-electron chi connectivity index (χ4n) is 4.43. The first-order valence-electron chi connectivity index (χ1n) is 10.8. The summed E-state index contributed by atoms with van der Waals surface area (Å²) in [6.45, 7) is 5.12. The molecule has 0 unspecified atom stereocenters. The van der Waals surface area contributed by atoms with Gasteiger partial charge in [0.05, 0.1) is 5.41 Å². The topological polar surface area (TPSA) is 62.3 Å². The van der Waals surface area contributed by atoms with Crippen LogP contribution in [0, 0.1) is 5.41 Å². The highest BCUT2D eigenvalue weighted by Gasteiger charge is 2.44. The Morgan fingerprint density at radius 2 is 2.00 bits per heavy atom. The number of nitrogens with zero attached hydrogens (tertiary/aromatic N) is 2. The van der Waals surface area contributed by atoms with Crippen molar-refractivity contribution in [2.75, 3.05) is 19.6 Å². The highest BCUT2D eigenvalue weighted by molar-refractivity contribution is 7.13. The lowest BCUT2D eigenvalue weighted by atomic mass is 9.73. The first-order valence-corrected chi connectivity index (χ1v) is 11.7. The molecule has 0 radical (unpaired) electrons. The van der Waals surface area contributed by atoms with Crippen LogP contribution < -0.4 is 5.32 Å². The van der Waals surface area contributed by atoms with Crippen molar-refractivity contribution in [1.29, 1.82) is 0 Å². The molecule has 1 aliphatic rings. The number of hydrogen-bond donors (Lipinski definition) is 1. The summed E-state index contributed by atoms with van der Waals surface area (Å²) in [5, 5.41) is 5.07. The number of rotatable bonds is 7. The third-order valence-electron chi connectivity index (χ3n) is 5.97. The predicted octanol–water partition coefficient (Wildman–Crippen LogP) is 4.58. The van der Waals surface area contributed by atoms with Crippen molar-refractivity contribution in [2.45, 2.75) is 19.3 Å². The molecular weight excluding hydrogens is 418 g/mol. The molecule has 0 spiro atoms. The summed E-state index contributed by atoms with van der Waals surface area (Å²) in [5.74, 6) is -0.158. The monoisotopic (exact) mass is 445 g/mol. The minimum Gasteiger partial charge on any atom is -0.352 e. The van der Waals surface area contributed by atoms with Gasteiger partial charge in [0.25, 0.3) is 5.91 Å². The number of benzene rings is 1. The molecule has 1 N–H and O–H groups in total. The second-order valence-corrected chi connectivity index (χ2v) is 9.08. The average Bonchev–Trinajstić information content (AvgIpc) is 3.38. The van der Waals surface area contributed by atoms with E-state index < -0.39 is 5.41 Å². The van der Waals surface area contributed by atoms with Gasteiger partial charge in [0.1, 0.15) is 5.69 Å². The Kier molecular flexibility index (Phi) is 6.81. The molecule has 1 saturated heterocycles. The van der Waals surface area contributed by atoms with Gasteiger partial charge in [0.15, 0.2) is 0 Å². The number of aromatic nitrogens is 1. The molecule has 3 aromatic rings. The minimum atomic E-state index is -0.709. The summed E-state index contributed by atoms with van der Waals surface area (Å²) in [7, 11) is 0. The van der Waals surface area contributed by atoms with Crippen molar-refractivity contribution in [3.05, 3.63) is 90.1 Å². The van der Waals surface area contributed by atoms with E-state index in [2.05, 4.69) is 40.5 Å². The van der Waals surface area contributed by atoms with Crippen molar-refractivity contribution >= 4 is 23.2 Å². The van der Waals surface area contributed by atoms with Gasteiger partial charge < -0.3 is 10.2 Å². The lowest BCUT2D eigenvalue weighted by molar-refractivity contribution is -0.133. The Morgan fingerprint density at radius 3 is 2.75 bits per heavy atom. The van der Waals surface area contributed by atoms with Gasteiger partial charge in [-0.1, -0.05) is 42.5 Å². The average molecular weight is 446 g/mol. The minimum absolute atomic E-state index is 0.0306. The Morgan fingerprint density at radius 1 is 1.16 bits per heavy atom. The number of piperidine rings is 1. The van der Waals surface area contributed by atoms with E-state index >= 15 is 0 Å². The molecule has 1 fully saturated rings. The van der Waals surface area contributed by atoms with Crippen LogP contribution in [-0.2, 0) is 11.2 Å². The zero-order chi connectivity index (χ0) is 22.4. The molecule has 6 heteroatoms. The molecule has 2 amide bonds. The molecule has 5 nitrogen and oxygen atoms in total. The van der Waals surface area contributed by atoms with Gasteiger partial charge >= 0.3 is 0 Å². The van der Waals surface area contributed by atoms with Crippen LogP contribution in [-0.4, -0.2) is 41.3 Å². The molecule has 4 rings (SSSR count). The molecule has 32 heavy (non-hydrogen) atoms. The fourth-order valence-corrected chi connectivity index (χ4v) is 5.22. The SMILES string of the molecule is C=CCNC(=O)[C@@]1(Cc2ccccc2-c2cccs2)CCCN(C(=O)c2ccccn2)C1. The molecule has 0 aliphatic carbocycles. The maximum absolute atomic E-state index is 13.5. The third-order valence-corrected chi connectivity index (χ3v) is 6.87. The summed E-state index contributed by atoms with van der Waals surface area (Å²) in [4.78, 5) is 33.8. The van der Waals surface area contributed by atoms with Crippen LogP contribution in [0.1, 0.15) is 28.9 Å². The quantitative estimate of drug-likeness (QED) is 0.542. The molecule has 0 saturated carbocycles. The Hall–Kier alpha value is -3.25. The molecule has 0 bridgehead atoms. The predicted molar refractivity (Wildman–Crippen MR) is 128 cm³/mol. The number of carbonyl (C=O) groups excluding carboxylic acids is 2. The van der Waals surface area contributed by atoms with Gasteiger partial charge in [0, 0.05) is 30.7 Å². The number of likely N-dealkylation sites (tertiary alicyclic amines) is 1. The number of nitrogens with one attached hydrogen (secondary N) is 1. The summed E-state index contributed by atoms with van der Waals surface area (Å²) in [6.07, 6.45) is 5.36. The Balaban J connectivity index is 1.67. The molecule has 3 heterocycles. The highest BCUT2D eigenvalue weighted by Crippen LogP contribution is 2.38. The van der Waals surface area contributed by atoms with E-state index in [1.54, 1.807) is 40.6 Å². The van der Waals surface area contributed by atoms with Gasteiger partial charge in [-0.2, -0.15) is 0 Å². The Labute approximate surface area is 192 Å². The van der Waals surface area contributed by atoms with E-state index in [1.807, 2.05) is 24.3 Å². The summed E-state index contributed by atoms with van der Waals surface area (Å²) in [6, 6.07) is 17.7. The highest BCUT2D eigenvalue weighted by atomic mass is 32.1. The Bertz CT molecular complexity index is 1080. The van der Waals surface area contributed by atoms with Crippen LogP contribution in [0.4, 0.5) is 0 Å². The molecular formula is C26H27N3O2S. The van der Waals surface area contributed by atoms with E-state index in [4.69, 9.17) is 0 Å². The van der Waals surface area contributed by atoms with E-state index in [-0.39, 0.29) is 11.8 Å². The maximum atomic E-state index is 13.5. The summed E-state index contributed by atoms with van der Waals surface area (Å²) < 4.78 is 0. The molecule has 164 valence electrons. The molecule has 1 aliphatic heterocycles. The van der Waals surface area contributed by atoms with Crippen LogP contribution in [0.5, 0.6) is 0 Å². The maximum Gasteiger partial charge on any atom is 0.272 e. The number of pyridine rings is 1. The fraction of sp³-hybridized carbons (Fsp3) is 0.269. The molecule has 2 aromatic heterocycles. The van der Waals surface area contributed by atoms with Crippen LogP contribution in [0.25, 0.3) is 10.4 Å². The second-order valence-electron chi connectivity index (χ2n) is 8.14. The van der Waals surface area contributed by atoms with Gasteiger partial charge in [-0.25, -0.2) is 0 Å². The number of thiophene rings is 1. The molecule has 1 atom stereocenters. The lowest BCUT2D eigenvalue weighted by Gasteiger charge is -2.42. The smallest absolute Gasteiger partial charge is 0.272 e. The van der Waals surface area contributed by atoms with Crippen molar-refractivity contribution in [2.24, 2.45) is 5.41 Å². The normalized spacial score (nSPS) is 18.2. The van der Waals surface area contributed by atoms with Crippen molar-refractivity contribution < 1.29 is 9.59 Å². The molecule has 1 aromatic carbocycles. The van der Waals surface area contributed by atoms with Crippen LogP contribution >= 0.6 is 11.3 Å². The van der Waals surface area contributed by atoms with Gasteiger partial charge in [-0.3, -0.25) is 14.6 Å². The largest absolute Gasteiger partial charge is 0.352 e. The number of carbonyl (C=O) groups is 2. The number of hydrogen-bond acceptors (Lipinski definition) is 4. The van der Waals surface area contributed by atoms with Crippen molar-refractivity contribution in [3.63, 3.8) is 0 Å². The summed E-state index contributed by atoms with van der Waals surface area (Å²) in [5.41, 5.74) is 1.97. The van der Waals surface area contributed by atoms with Gasteiger partial charge in [0.2, 0.25) is 5.91 Å². The zero-order valence-corrected chi connectivity index (χ0v) is 18.8. The van der Waals surface area contributed by atoms with Crippen molar-refractivity contribution in [3.8, 4) is 10.4 Å².